The quantitative estimate of drug-likeness (QED) is 0.567. The fraction of sp³-hybridized carbons (Fsp3) is 0.875. The molecule has 55 valence electrons. The van der Waals surface area contributed by atoms with Crippen LogP contribution < -0.4 is 0 Å². The zero-order chi connectivity index (χ0) is 7.33. The van der Waals surface area contributed by atoms with E-state index in [0.29, 0.717) is 0 Å². The van der Waals surface area contributed by atoms with Crippen LogP contribution in [0.25, 0.3) is 0 Å². The van der Waals surface area contributed by atoms with Crippen molar-refractivity contribution in [2.24, 2.45) is 0 Å². The molecule has 1 nitrogen and oxygen atoms in total. The maximum absolute atomic E-state index is 5.40. The monoisotopic (exact) mass is 129 g/mol. The fourth-order valence-electron chi connectivity index (χ4n) is 0.701. The molecule has 0 atom stereocenters. The molecule has 1 radical (unpaired) electrons. The number of rotatable bonds is 4. The van der Waals surface area contributed by atoms with Crippen LogP contribution in [-0.4, -0.2) is 5.60 Å². The maximum Gasteiger partial charge on any atom is 0.0813 e. The summed E-state index contributed by atoms with van der Waals surface area (Å²) in [4.78, 5) is 0. The Morgan fingerprint density at radius 1 is 1.33 bits per heavy atom. The molecular formula is C8H17O. The van der Waals surface area contributed by atoms with Crippen LogP contribution in [0.2, 0.25) is 0 Å². The van der Waals surface area contributed by atoms with Gasteiger partial charge in [-0.1, -0.05) is 13.8 Å². The molecule has 1 heteroatoms. The van der Waals surface area contributed by atoms with E-state index in [1.165, 1.54) is 0 Å². The van der Waals surface area contributed by atoms with Crippen molar-refractivity contribution in [1.29, 1.82) is 0 Å². The van der Waals surface area contributed by atoms with Crippen molar-refractivity contribution >= 4 is 0 Å². The van der Waals surface area contributed by atoms with Crippen molar-refractivity contribution in [1.82, 2.24) is 0 Å². The van der Waals surface area contributed by atoms with E-state index in [1.807, 2.05) is 6.92 Å². The zero-order valence-corrected chi connectivity index (χ0v) is 6.90. The highest BCUT2D eigenvalue weighted by atomic mass is 16.5. The lowest BCUT2D eigenvalue weighted by Crippen LogP contribution is -2.24. The molecular weight excluding hydrogens is 112 g/mol. The first-order valence-corrected chi connectivity index (χ1v) is 3.64. The summed E-state index contributed by atoms with van der Waals surface area (Å²) in [5.41, 5.74) is 0.0781. The van der Waals surface area contributed by atoms with Gasteiger partial charge < -0.3 is 4.74 Å². The van der Waals surface area contributed by atoms with Crippen LogP contribution >= 0.6 is 0 Å². The van der Waals surface area contributed by atoms with E-state index in [-0.39, 0.29) is 5.60 Å². The summed E-state index contributed by atoms with van der Waals surface area (Å²) in [6, 6.07) is 0. The van der Waals surface area contributed by atoms with E-state index < -0.39 is 0 Å². The minimum Gasteiger partial charge on any atom is -0.370 e. The van der Waals surface area contributed by atoms with Gasteiger partial charge in [0.1, 0.15) is 0 Å². The smallest absolute Gasteiger partial charge is 0.0813 e. The number of hydrogen-bond acceptors (Lipinski definition) is 1. The molecule has 0 N–H and O–H groups in total. The Balaban J connectivity index is 3.62. The Labute approximate surface area is 58.4 Å². The van der Waals surface area contributed by atoms with Gasteiger partial charge >= 0.3 is 0 Å². The first kappa shape index (κ1) is 8.96. The Bertz CT molecular complexity index is 65.0. The fourth-order valence-corrected chi connectivity index (χ4v) is 0.701. The lowest BCUT2D eigenvalue weighted by atomic mass is 10.0. The Morgan fingerprint density at radius 3 is 1.89 bits per heavy atom. The van der Waals surface area contributed by atoms with Crippen molar-refractivity contribution in [3.63, 3.8) is 0 Å². The lowest BCUT2D eigenvalue weighted by Gasteiger charge is -2.25. The van der Waals surface area contributed by atoms with Gasteiger partial charge in [-0.2, -0.15) is 0 Å². The van der Waals surface area contributed by atoms with Crippen molar-refractivity contribution in [2.75, 3.05) is 0 Å². The van der Waals surface area contributed by atoms with Crippen molar-refractivity contribution in [2.45, 2.75) is 46.1 Å². The molecule has 0 aliphatic rings. The summed E-state index contributed by atoms with van der Waals surface area (Å²) in [7, 11) is 0. The third-order valence-corrected chi connectivity index (χ3v) is 1.90. The molecule has 0 saturated heterocycles. The number of hydrogen-bond donors (Lipinski definition) is 0. The second-order valence-electron chi connectivity index (χ2n) is 2.51. The molecule has 0 aromatic heterocycles. The van der Waals surface area contributed by atoms with E-state index in [0.717, 1.165) is 12.8 Å². The Kier molecular flexibility index (Phi) is 3.87. The maximum atomic E-state index is 5.40. The van der Waals surface area contributed by atoms with Gasteiger partial charge in [-0.15, -0.1) is 0 Å². The predicted octanol–water partition coefficient (Wildman–Crippen LogP) is 2.76. The Hall–Kier alpha value is -0.0400. The standard InChI is InChI=1S/C8H17O/c1-5-8(4,6-2)9-7-3/h7H,5-6H2,1-4H3. The van der Waals surface area contributed by atoms with Crippen LogP contribution in [0.15, 0.2) is 0 Å². The van der Waals surface area contributed by atoms with Gasteiger partial charge in [-0.3, -0.25) is 0 Å². The second kappa shape index (κ2) is 3.89. The van der Waals surface area contributed by atoms with Gasteiger partial charge in [-0.05, 0) is 26.7 Å². The summed E-state index contributed by atoms with van der Waals surface area (Å²) >= 11 is 0. The lowest BCUT2D eigenvalue weighted by molar-refractivity contribution is 0.00564. The molecule has 0 aromatic rings. The first-order chi connectivity index (χ1) is 4.18. The molecule has 0 aliphatic heterocycles. The molecule has 0 heterocycles. The highest BCUT2D eigenvalue weighted by Crippen LogP contribution is 2.19. The summed E-state index contributed by atoms with van der Waals surface area (Å²) in [5, 5.41) is 0. The minimum absolute atomic E-state index is 0.0781. The molecule has 9 heavy (non-hydrogen) atoms. The second-order valence-corrected chi connectivity index (χ2v) is 2.51. The van der Waals surface area contributed by atoms with Gasteiger partial charge in [0.25, 0.3) is 0 Å². The molecule has 0 rings (SSSR count). The van der Waals surface area contributed by atoms with E-state index in [1.54, 1.807) is 6.61 Å². The van der Waals surface area contributed by atoms with Crippen LogP contribution in [0.5, 0.6) is 0 Å². The third-order valence-electron chi connectivity index (χ3n) is 1.90. The van der Waals surface area contributed by atoms with Gasteiger partial charge in [0, 0.05) is 0 Å². The zero-order valence-electron chi connectivity index (χ0n) is 6.90. The molecule has 0 saturated carbocycles. The first-order valence-electron chi connectivity index (χ1n) is 3.64. The molecule has 0 bridgehead atoms. The minimum atomic E-state index is 0.0781. The largest absolute Gasteiger partial charge is 0.370 e. The topological polar surface area (TPSA) is 9.23 Å². The number of ether oxygens (including phenoxy) is 1. The van der Waals surface area contributed by atoms with E-state index >= 15 is 0 Å². The molecule has 0 spiro atoms. The summed E-state index contributed by atoms with van der Waals surface area (Å²) in [6.07, 6.45) is 2.15. The Morgan fingerprint density at radius 2 is 1.78 bits per heavy atom. The van der Waals surface area contributed by atoms with Crippen LogP contribution in [0.3, 0.4) is 0 Å². The van der Waals surface area contributed by atoms with Crippen LogP contribution in [-0.2, 0) is 4.74 Å². The summed E-state index contributed by atoms with van der Waals surface area (Å²) in [5.74, 6) is 0. The van der Waals surface area contributed by atoms with E-state index in [9.17, 15) is 0 Å². The van der Waals surface area contributed by atoms with Crippen molar-refractivity contribution < 1.29 is 4.74 Å². The summed E-state index contributed by atoms with van der Waals surface area (Å²) < 4.78 is 5.40. The van der Waals surface area contributed by atoms with E-state index in [4.69, 9.17) is 4.74 Å². The molecule has 0 amide bonds. The highest BCUT2D eigenvalue weighted by molar-refractivity contribution is 4.71. The van der Waals surface area contributed by atoms with Gasteiger partial charge in [0.2, 0.25) is 0 Å². The van der Waals surface area contributed by atoms with Gasteiger partial charge in [0.15, 0.2) is 0 Å². The highest BCUT2D eigenvalue weighted by Gasteiger charge is 2.18. The van der Waals surface area contributed by atoms with Crippen molar-refractivity contribution in [3.8, 4) is 0 Å². The SMILES string of the molecule is C[CH]OC(C)(CC)CC. The van der Waals surface area contributed by atoms with Crippen LogP contribution in [0.1, 0.15) is 40.5 Å². The van der Waals surface area contributed by atoms with Crippen LogP contribution in [0, 0.1) is 6.61 Å². The molecule has 0 aromatic carbocycles. The van der Waals surface area contributed by atoms with Gasteiger partial charge in [0.05, 0.1) is 12.2 Å². The molecule has 0 fully saturated rings. The normalized spacial score (nSPS) is 12.0. The predicted molar refractivity (Wildman–Crippen MR) is 40.0 cm³/mol. The average molecular weight is 129 g/mol. The van der Waals surface area contributed by atoms with Crippen LogP contribution in [0.4, 0.5) is 0 Å². The third kappa shape index (κ3) is 2.85. The van der Waals surface area contributed by atoms with Crippen molar-refractivity contribution in [3.05, 3.63) is 6.61 Å². The summed E-state index contributed by atoms with van der Waals surface area (Å²) in [6.45, 7) is 10.1. The average Bonchev–Trinajstić information content (AvgIpc) is 1.89. The van der Waals surface area contributed by atoms with Gasteiger partial charge in [-0.25, -0.2) is 0 Å². The molecule has 0 aliphatic carbocycles. The molecule has 0 unspecified atom stereocenters. The van der Waals surface area contributed by atoms with E-state index in [2.05, 4.69) is 20.8 Å².